The molecule has 1 aliphatic heterocycles. The maximum absolute atomic E-state index is 13.9. The number of halogens is 2. The standard InChI is InChI=1S/C28H29Br2N3O4/c1-33(2)32-27(35)28(18-21-6-3-4-7-24(21)30)25(19-8-12-22(29)13-9-19)37-26(31-28)20-10-14-23(15-11-20)36-17-5-16-34/h3-4,6-15,25,34H,5,16-18H2,1-2H3,(H,32,35)/t25-,28-/m0/s1. The molecule has 0 fully saturated rings. The Morgan fingerprint density at radius 1 is 1.08 bits per heavy atom. The lowest BCUT2D eigenvalue weighted by molar-refractivity contribution is -0.132. The van der Waals surface area contributed by atoms with Crippen molar-refractivity contribution < 1.29 is 19.4 Å². The van der Waals surface area contributed by atoms with Gasteiger partial charge in [0.15, 0.2) is 11.6 Å². The van der Waals surface area contributed by atoms with Gasteiger partial charge in [-0.25, -0.2) is 10.0 Å². The molecule has 7 nitrogen and oxygen atoms in total. The second-order valence-corrected chi connectivity index (χ2v) is 10.7. The highest BCUT2D eigenvalue weighted by Crippen LogP contribution is 2.43. The number of aliphatic imine (C=N–C) groups is 1. The minimum atomic E-state index is -1.27. The number of amides is 1. The Bertz CT molecular complexity index is 1250. The molecule has 1 aliphatic rings. The van der Waals surface area contributed by atoms with Crippen molar-refractivity contribution in [1.29, 1.82) is 0 Å². The third-order valence-corrected chi connectivity index (χ3v) is 7.25. The van der Waals surface area contributed by atoms with E-state index in [0.717, 1.165) is 25.6 Å². The van der Waals surface area contributed by atoms with E-state index in [4.69, 9.17) is 19.6 Å². The summed E-state index contributed by atoms with van der Waals surface area (Å²) in [4.78, 5) is 18.9. The maximum Gasteiger partial charge on any atom is 0.266 e. The van der Waals surface area contributed by atoms with Crippen LogP contribution in [0.25, 0.3) is 0 Å². The number of carbonyl (C=O) groups is 1. The molecule has 0 saturated carbocycles. The van der Waals surface area contributed by atoms with Gasteiger partial charge in [-0.15, -0.1) is 0 Å². The minimum absolute atomic E-state index is 0.0782. The van der Waals surface area contributed by atoms with Gasteiger partial charge in [0.2, 0.25) is 5.90 Å². The van der Waals surface area contributed by atoms with E-state index in [-0.39, 0.29) is 12.5 Å². The fourth-order valence-electron chi connectivity index (χ4n) is 4.15. The molecule has 0 spiro atoms. The van der Waals surface area contributed by atoms with Crippen molar-refractivity contribution in [3.05, 3.63) is 98.4 Å². The summed E-state index contributed by atoms with van der Waals surface area (Å²) >= 11 is 7.14. The molecule has 0 aromatic heterocycles. The number of carbonyl (C=O) groups excluding carboxylic acids is 1. The number of aliphatic hydroxyl groups is 1. The molecule has 1 amide bonds. The highest BCUT2D eigenvalue weighted by atomic mass is 79.9. The van der Waals surface area contributed by atoms with E-state index < -0.39 is 11.6 Å². The molecule has 37 heavy (non-hydrogen) atoms. The lowest BCUT2D eigenvalue weighted by Crippen LogP contribution is -2.53. The summed E-state index contributed by atoms with van der Waals surface area (Å²) in [5, 5.41) is 10.6. The summed E-state index contributed by atoms with van der Waals surface area (Å²) in [6.07, 6.45) is 0.217. The van der Waals surface area contributed by atoms with Crippen molar-refractivity contribution in [2.24, 2.45) is 4.99 Å². The van der Waals surface area contributed by atoms with Gasteiger partial charge >= 0.3 is 0 Å². The van der Waals surface area contributed by atoms with Gasteiger partial charge in [-0.05, 0) is 53.6 Å². The lowest BCUT2D eigenvalue weighted by Gasteiger charge is -2.32. The molecular formula is C28H29Br2N3O4. The third-order valence-electron chi connectivity index (χ3n) is 5.95. The van der Waals surface area contributed by atoms with E-state index in [1.54, 1.807) is 19.1 Å². The molecule has 2 N–H and O–H groups in total. The van der Waals surface area contributed by atoms with Gasteiger partial charge in [0.05, 0.1) is 6.61 Å². The van der Waals surface area contributed by atoms with E-state index in [9.17, 15) is 4.79 Å². The molecule has 0 saturated heterocycles. The summed E-state index contributed by atoms with van der Waals surface area (Å²) in [7, 11) is 3.54. The number of hydrazine groups is 1. The van der Waals surface area contributed by atoms with E-state index >= 15 is 0 Å². The predicted octanol–water partition coefficient (Wildman–Crippen LogP) is 5.07. The van der Waals surface area contributed by atoms with Crippen LogP contribution in [0, 0.1) is 0 Å². The first-order valence-corrected chi connectivity index (χ1v) is 13.5. The number of ether oxygens (including phenoxy) is 2. The van der Waals surface area contributed by atoms with Crippen LogP contribution in [0.5, 0.6) is 5.75 Å². The topological polar surface area (TPSA) is 83.4 Å². The second-order valence-electron chi connectivity index (χ2n) is 8.94. The Balaban J connectivity index is 1.79. The second kappa shape index (κ2) is 12.2. The van der Waals surface area contributed by atoms with Gasteiger partial charge in [-0.3, -0.25) is 10.2 Å². The van der Waals surface area contributed by atoms with Crippen molar-refractivity contribution >= 4 is 43.7 Å². The monoisotopic (exact) mass is 629 g/mol. The summed E-state index contributed by atoms with van der Waals surface area (Å²) < 4.78 is 14.0. The highest BCUT2D eigenvalue weighted by Gasteiger charge is 2.53. The number of nitrogens with zero attached hydrogens (tertiary/aromatic N) is 2. The normalized spacial score (nSPS) is 18.9. The van der Waals surface area contributed by atoms with Crippen LogP contribution in [-0.4, -0.2) is 54.8 Å². The minimum Gasteiger partial charge on any atom is -0.494 e. The van der Waals surface area contributed by atoms with Gasteiger partial charge in [-0.1, -0.05) is 62.2 Å². The average Bonchev–Trinajstić information content (AvgIpc) is 3.27. The van der Waals surface area contributed by atoms with Crippen LogP contribution in [0.4, 0.5) is 0 Å². The summed E-state index contributed by atoms with van der Waals surface area (Å²) in [6.45, 7) is 0.507. The van der Waals surface area contributed by atoms with Crippen LogP contribution in [-0.2, 0) is 16.0 Å². The molecule has 2 atom stereocenters. The molecule has 0 radical (unpaired) electrons. The number of nitrogens with one attached hydrogen (secondary N) is 1. The molecular weight excluding hydrogens is 602 g/mol. The summed E-state index contributed by atoms with van der Waals surface area (Å²) in [5.74, 6) is 0.806. The van der Waals surface area contributed by atoms with Gasteiger partial charge in [0.25, 0.3) is 5.91 Å². The Labute approximate surface area is 233 Å². The fourth-order valence-corrected chi connectivity index (χ4v) is 4.84. The molecule has 0 bridgehead atoms. The van der Waals surface area contributed by atoms with Gasteiger partial charge in [-0.2, -0.15) is 0 Å². The average molecular weight is 631 g/mol. The molecule has 1 heterocycles. The van der Waals surface area contributed by atoms with Crippen LogP contribution >= 0.6 is 31.9 Å². The molecule has 4 rings (SSSR count). The number of aliphatic hydroxyl groups excluding tert-OH is 1. The van der Waals surface area contributed by atoms with E-state index in [0.29, 0.717) is 31.1 Å². The number of hydrogen-bond donors (Lipinski definition) is 2. The number of hydrogen-bond acceptors (Lipinski definition) is 6. The van der Waals surface area contributed by atoms with Crippen LogP contribution in [0.3, 0.4) is 0 Å². The summed E-state index contributed by atoms with van der Waals surface area (Å²) in [6, 6.07) is 23.0. The van der Waals surface area contributed by atoms with Crippen molar-refractivity contribution in [3.8, 4) is 5.75 Å². The Morgan fingerprint density at radius 2 is 1.78 bits per heavy atom. The van der Waals surface area contributed by atoms with Crippen LogP contribution in [0.1, 0.15) is 29.2 Å². The SMILES string of the molecule is CN(C)NC(=O)[C@@]1(Cc2ccccc2Br)N=C(c2ccc(OCCCO)cc2)O[C@H]1c1ccc(Br)cc1. The first kappa shape index (κ1) is 27.3. The largest absolute Gasteiger partial charge is 0.494 e. The Morgan fingerprint density at radius 3 is 2.43 bits per heavy atom. The molecule has 0 aliphatic carbocycles. The van der Waals surface area contributed by atoms with Gasteiger partial charge < -0.3 is 14.6 Å². The zero-order valence-electron chi connectivity index (χ0n) is 20.7. The number of benzene rings is 3. The molecule has 194 valence electrons. The Hall–Kier alpha value is -2.72. The molecule has 9 heteroatoms. The number of rotatable bonds is 10. The van der Waals surface area contributed by atoms with Gasteiger partial charge in [0, 0.05) is 48.1 Å². The Kier molecular flexibility index (Phi) is 9.02. The molecule has 0 unspecified atom stereocenters. The smallest absolute Gasteiger partial charge is 0.266 e. The van der Waals surface area contributed by atoms with E-state index in [1.807, 2.05) is 72.8 Å². The van der Waals surface area contributed by atoms with Gasteiger partial charge in [0.1, 0.15) is 5.75 Å². The van der Waals surface area contributed by atoms with Crippen LogP contribution < -0.4 is 10.2 Å². The van der Waals surface area contributed by atoms with E-state index in [1.165, 1.54) is 0 Å². The molecule has 3 aromatic rings. The first-order chi connectivity index (χ1) is 17.8. The van der Waals surface area contributed by atoms with E-state index in [2.05, 4.69) is 37.3 Å². The first-order valence-electron chi connectivity index (χ1n) is 11.9. The predicted molar refractivity (Wildman–Crippen MR) is 151 cm³/mol. The summed E-state index contributed by atoms with van der Waals surface area (Å²) in [5.41, 5.74) is 4.18. The van der Waals surface area contributed by atoms with Crippen LogP contribution in [0.2, 0.25) is 0 Å². The quantitative estimate of drug-likeness (QED) is 0.242. The molecule has 3 aromatic carbocycles. The van der Waals surface area contributed by atoms with Crippen molar-refractivity contribution in [2.75, 3.05) is 27.3 Å². The van der Waals surface area contributed by atoms with Crippen molar-refractivity contribution in [1.82, 2.24) is 10.4 Å². The van der Waals surface area contributed by atoms with Crippen molar-refractivity contribution in [3.63, 3.8) is 0 Å². The third kappa shape index (κ3) is 6.41. The zero-order valence-corrected chi connectivity index (χ0v) is 23.8. The fraction of sp³-hybridized carbons (Fsp3) is 0.286. The highest BCUT2D eigenvalue weighted by molar-refractivity contribution is 9.10. The lowest BCUT2D eigenvalue weighted by atomic mass is 9.82. The van der Waals surface area contributed by atoms with Crippen LogP contribution in [0.15, 0.2) is 86.7 Å². The van der Waals surface area contributed by atoms with Crippen molar-refractivity contribution in [2.45, 2.75) is 24.5 Å². The maximum atomic E-state index is 13.9. The zero-order chi connectivity index (χ0) is 26.4.